The molecule has 0 spiro atoms. The molecule has 0 bridgehead atoms. The van der Waals surface area contributed by atoms with Crippen molar-refractivity contribution in [3.63, 3.8) is 0 Å². The molecule has 0 radical (unpaired) electrons. The summed E-state index contributed by atoms with van der Waals surface area (Å²) in [6, 6.07) is 33.8. The molecular weight excluding hydrogens is 796 g/mol. The first-order valence-corrected chi connectivity index (χ1v) is 18.2. The van der Waals surface area contributed by atoms with Gasteiger partial charge in [-0.3, -0.25) is 0 Å². The Morgan fingerprint density at radius 3 is 0.533 bits per heavy atom. The zero-order valence-electron chi connectivity index (χ0n) is 32.0. The van der Waals surface area contributed by atoms with Gasteiger partial charge < -0.3 is 14.2 Å². The van der Waals surface area contributed by atoms with Gasteiger partial charge in [-0.05, 0) is 140 Å². The van der Waals surface area contributed by atoms with Gasteiger partial charge in [-0.2, -0.15) is 39.5 Å². The maximum Gasteiger partial charge on any atom is 0.416 e. The summed E-state index contributed by atoms with van der Waals surface area (Å²) >= 11 is 0. The molecule has 0 fully saturated rings. The second-order valence-corrected chi connectivity index (χ2v) is 13.7. The lowest BCUT2D eigenvalue weighted by Crippen LogP contribution is -2.06. The Morgan fingerprint density at radius 2 is 0.400 bits per heavy atom. The molecule has 0 aliphatic carbocycles. The van der Waals surface area contributed by atoms with Crippen LogP contribution in [0.5, 0.6) is 17.2 Å². The summed E-state index contributed by atoms with van der Waals surface area (Å²) in [6.45, 7) is 0. The van der Waals surface area contributed by atoms with E-state index < -0.39 is 35.2 Å². The molecule has 0 aliphatic rings. The van der Waals surface area contributed by atoms with Crippen molar-refractivity contribution in [2.24, 2.45) is 0 Å². The summed E-state index contributed by atoms with van der Waals surface area (Å²) in [4.78, 5) is 0. The lowest BCUT2D eigenvalue weighted by atomic mass is 9.74. The quantitative estimate of drug-likeness (QED) is 0.136. The van der Waals surface area contributed by atoms with E-state index in [9.17, 15) is 39.5 Å². The fraction of sp³-hybridized carbons (Fsp3) is 0.125. The molecule has 3 nitrogen and oxygen atoms in total. The minimum atomic E-state index is -4.69. The monoisotopic (exact) mass is 828 g/mol. The minimum Gasteiger partial charge on any atom is -0.497 e. The number of hydrogen-bond acceptors (Lipinski definition) is 3. The summed E-state index contributed by atoms with van der Waals surface area (Å²) in [6.07, 6.45) is -14.1. The molecule has 7 aromatic carbocycles. The highest BCUT2D eigenvalue weighted by molar-refractivity contribution is 6.15. The van der Waals surface area contributed by atoms with Crippen molar-refractivity contribution in [3.8, 4) is 84.0 Å². The normalized spacial score (nSPS) is 12.0. The summed E-state index contributed by atoms with van der Waals surface area (Å²) in [5, 5.41) is 0. The zero-order chi connectivity index (χ0) is 43.0. The van der Waals surface area contributed by atoms with Crippen molar-refractivity contribution >= 4 is 0 Å². The van der Waals surface area contributed by atoms with Gasteiger partial charge in [0.25, 0.3) is 0 Å². The van der Waals surface area contributed by atoms with Gasteiger partial charge >= 0.3 is 18.5 Å². The van der Waals surface area contributed by atoms with Gasteiger partial charge in [0.1, 0.15) is 17.2 Å². The standard InChI is InChI=1S/C48H33F9O3/c1-58-37-22-10-31(11-23-37)43-40(28-4-16-34(17-5-28)46(49,50)51)44(32-12-24-38(59-2)25-13-32)42(30-8-20-36(21-9-30)48(55,56)57)45(33-14-26-39(60-3)27-15-33)41(43)29-6-18-35(19-7-29)47(52,53)54/h4-27H,1-3H3. The maximum absolute atomic E-state index is 14.1. The number of halogens is 9. The molecule has 0 unspecified atom stereocenters. The number of methoxy groups -OCH3 is 3. The van der Waals surface area contributed by atoms with Gasteiger partial charge in [0.15, 0.2) is 0 Å². The lowest BCUT2D eigenvalue weighted by Gasteiger charge is -2.29. The Balaban J connectivity index is 1.78. The van der Waals surface area contributed by atoms with Gasteiger partial charge in [-0.15, -0.1) is 0 Å². The predicted octanol–water partition coefficient (Wildman–Crippen LogP) is 14.8. The third-order valence-corrected chi connectivity index (χ3v) is 10.1. The average Bonchev–Trinajstić information content (AvgIpc) is 3.25. The topological polar surface area (TPSA) is 27.7 Å². The van der Waals surface area contributed by atoms with E-state index in [1.807, 2.05) is 0 Å². The van der Waals surface area contributed by atoms with Gasteiger partial charge in [-0.25, -0.2) is 0 Å². The molecule has 12 heteroatoms. The summed E-state index contributed by atoms with van der Waals surface area (Å²) in [7, 11) is 4.41. The van der Waals surface area contributed by atoms with Crippen LogP contribution in [0.3, 0.4) is 0 Å². The van der Waals surface area contributed by atoms with Gasteiger partial charge in [0.2, 0.25) is 0 Å². The Kier molecular flexibility index (Phi) is 11.2. The molecular formula is C48H33F9O3. The number of benzene rings is 7. The fourth-order valence-corrected chi connectivity index (χ4v) is 7.23. The summed E-state index contributed by atoms with van der Waals surface area (Å²) in [5.74, 6) is 1.41. The van der Waals surface area contributed by atoms with Crippen molar-refractivity contribution < 1.29 is 53.7 Å². The largest absolute Gasteiger partial charge is 0.497 e. The van der Waals surface area contributed by atoms with E-state index in [4.69, 9.17) is 14.2 Å². The Labute approximate surface area is 339 Å². The Morgan fingerprint density at radius 1 is 0.250 bits per heavy atom. The molecule has 7 rings (SSSR count). The van der Waals surface area contributed by atoms with Crippen LogP contribution in [-0.4, -0.2) is 21.3 Å². The zero-order valence-corrected chi connectivity index (χ0v) is 32.0. The first-order chi connectivity index (χ1) is 28.5. The van der Waals surface area contributed by atoms with Crippen molar-refractivity contribution in [1.29, 1.82) is 0 Å². The first kappa shape index (κ1) is 41.5. The van der Waals surface area contributed by atoms with Crippen molar-refractivity contribution in [2.45, 2.75) is 18.5 Å². The highest BCUT2D eigenvalue weighted by Crippen LogP contribution is 2.56. The number of ether oxygens (including phenoxy) is 3. The van der Waals surface area contributed by atoms with Crippen molar-refractivity contribution in [3.05, 3.63) is 162 Å². The molecule has 0 saturated heterocycles. The van der Waals surface area contributed by atoms with E-state index in [1.54, 1.807) is 72.8 Å². The van der Waals surface area contributed by atoms with Crippen LogP contribution in [0, 0.1) is 0 Å². The molecule has 306 valence electrons. The van der Waals surface area contributed by atoms with Crippen molar-refractivity contribution in [1.82, 2.24) is 0 Å². The van der Waals surface area contributed by atoms with E-state index >= 15 is 0 Å². The average molecular weight is 829 g/mol. The van der Waals surface area contributed by atoms with Gasteiger partial charge in [0.05, 0.1) is 38.0 Å². The number of rotatable bonds is 9. The Bertz CT molecular complexity index is 2280. The molecule has 0 saturated carbocycles. The third-order valence-electron chi connectivity index (χ3n) is 10.1. The van der Waals surface area contributed by atoms with Crippen LogP contribution in [-0.2, 0) is 18.5 Å². The molecule has 60 heavy (non-hydrogen) atoms. The van der Waals surface area contributed by atoms with E-state index in [1.165, 1.54) is 57.7 Å². The molecule has 7 aromatic rings. The van der Waals surface area contributed by atoms with E-state index in [-0.39, 0.29) is 16.7 Å². The third kappa shape index (κ3) is 8.27. The molecule has 0 atom stereocenters. The van der Waals surface area contributed by atoms with E-state index in [2.05, 4.69) is 0 Å². The molecule has 0 aliphatic heterocycles. The fourth-order valence-electron chi connectivity index (χ4n) is 7.23. The molecule has 0 amide bonds. The van der Waals surface area contributed by atoms with Gasteiger partial charge in [-0.1, -0.05) is 72.8 Å². The number of alkyl halides is 9. The summed E-state index contributed by atoms with van der Waals surface area (Å²) < 4.78 is 143. The lowest BCUT2D eigenvalue weighted by molar-refractivity contribution is -0.138. The second-order valence-electron chi connectivity index (χ2n) is 13.7. The highest BCUT2D eigenvalue weighted by Gasteiger charge is 2.35. The van der Waals surface area contributed by atoms with Crippen LogP contribution in [0.4, 0.5) is 39.5 Å². The highest BCUT2D eigenvalue weighted by atomic mass is 19.4. The van der Waals surface area contributed by atoms with Crippen LogP contribution in [0.25, 0.3) is 66.8 Å². The number of hydrogen-bond donors (Lipinski definition) is 0. The van der Waals surface area contributed by atoms with Crippen LogP contribution < -0.4 is 14.2 Å². The predicted molar refractivity (Wildman–Crippen MR) is 214 cm³/mol. The molecule has 0 heterocycles. The Hall–Kier alpha value is -6.69. The molecule has 0 aromatic heterocycles. The van der Waals surface area contributed by atoms with Gasteiger partial charge in [0, 0.05) is 0 Å². The van der Waals surface area contributed by atoms with Crippen LogP contribution in [0.2, 0.25) is 0 Å². The van der Waals surface area contributed by atoms with Crippen molar-refractivity contribution in [2.75, 3.05) is 21.3 Å². The van der Waals surface area contributed by atoms with Crippen LogP contribution in [0.1, 0.15) is 16.7 Å². The molecule has 0 N–H and O–H groups in total. The second kappa shape index (κ2) is 16.2. The minimum absolute atomic E-state index is 0.280. The van der Waals surface area contributed by atoms with E-state index in [0.29, 0.717) is 67.3 Å². The van der Waals surface area contributed by atoms with Crippen LogP contribution >= 0.6 is 0 Å². The SMILES string of the molecule is COc1ccc(-c2c(-c3ccc(C(F)(F)F)cc3)c(-c3ccc(OC)cc3)c(-c3ccc(C(F)(F)F)cc3)c(-c3ccc(OC)cc3)c2-c2ccc(C(F)(F)F)cc2)cc1. The summed E-state index contributed by atoms with van der Waals surface area (Å²) in [5.41, 5.74) is 1.84. The maximum atomic E-state index is 14.1. The smallest absolute Gasteiger partial charge is 0.416 e. The first-order valence-electron chi connectivity index (χ1n) is 18.2. The van der Waals surface area contributed by atoms with E-state index in [0.717, 1.165) is 36.4 Å². The van der Waals surface area contributed by atoms with Crippen LogP contribution in [0.15, 0.2) is 146 Å².